The lowest BCUT2D eigenvalue weighted by Gasteiger charge is -2.35. The van der Waals surface area contributed by atoms with Crippen LogP contribution < -0.4 is 4.90 Å². The molecule has 0 spiro atoms. The fourth-order valence-electron chi connectivity index (χ4n) is 3.09. The van der Waals surface area contributed by atoms with Crippen LogP contribution in [0.25, 0.3) is 0 Å². The van der Waals surface area contributed by atoms with Gasteiger partial charge in [0.05, 0.1) is 16.7 Å². The number of anilines is 1. The van der Waals surface area contributed by atoms with Crippen LogP contribution in [0.15, 0.2) is 0 Å². The molecule has 0 saturated carbocycles. The largest absolute Gasteiger partial charge is 0.388 e. The summed E-state index contributed by atoms with van der Waals surface area (Å²) in [5, 5.41) is 11.2. The molecule has 1 aromatic rings. The number of hydrogen-bond acceptors (Lipinski definition) is 5. The van der Waals surface area contributed by atoms with E-state index < -0.39 is 0 Å². The number of aryl methyl sites for hydroxylation is 1. The minimum absolute atomic E-state index is 0.269. The number of hydrogen-bond donors (Lipinski definition) is 1. The Morgan fingerprint density at radius 1 is 1.26 bits per heavy atom. The first-order valence-electron chi connectivity index (χ1n) is 7.24. The molecular weight excluding hydrogens is 258 g/mol. The molecule has 1 N–H and O–H groups in total. The molecule has 5 heteroatoms. The van der Waals surface area contributed by atoms with Crippen molar-refractivity contribution in [2.75, 3.05) is 32.1 Å². The molecule has 0 bridgehead atoms. The van der Waals surface area contributed by atoms with Gasteiger partial charge in [0, 0.05) is 19.1 Å². The molecule has 3 rings (SSSR count). The van der Waals surface area contributed by atoms with E-state index in [9.17, 15) is 5.11 Å². The Morgan fingerprint density at radius 3 is 2.63 bits per heavy atom. The maximum atomic E-state index is 10.0. The number of nitrogens with zero attached hydrogens (tertiary/aromatic N) is 3. The SMILES string of the molecule is CN(C)C1CCN(c2nc3c(s2)C(O)CCC3)CC1. The Kier molecular flexibility index (Phi) is 3.78. The van der Waals surface area contributed by atoms with Crippen molar-refractivity contribution < 1.29 is 5.11 Å². The third-order valence-electron chi connectivity index (χ3n) is 4.38. The number of aromatic nitrogens is 1. The van der Waals surface area contributed by atoms with Gasteiger partial charge in [0.15, 0.2) is 5.13 Å². The topological polar surface area (TPSA) is 39.6 Å². The average molecular weight is 281 g/mol. The molecule has 1 atom stereocenters. The molecule has 0 amide bonds. The van der Waals surface area contributed by atoms with Crippen LogP contribution in [0.1, 0.15) is 42.4 Å². The van der Waals surface area contributed by atoms with Gasteiger partial charge in [-0.05, 0) is 46.2 Å². The minimum atomic E-state index is -0.269. The Morgan fingerprint density at radius 2 is 2.00 bits per heavy atom. The fourth-order valence-corrected chi connectivity index (χ4v) is 4.28. The highest BCUT2D eigenvalue weighted by Gasteiger charge is 2.27. The molecule has 1 saturated heterocycles. The Labute approximate surface area is 119 Å². The fraction of sp³-hybridized carbons (Fsp3) is 0.786. The molecule has 2 heterocycles. The molecule has 1 aliphatic carbocycles. The molecule has 0 aromatic carbocycles. The van der Waals surface area contributed by atoms with Crippen LogP contribution >= 0.6 is 11.3 Å². The Balaban J connectivity index is 1.70. The van der Waals surface area contributed by atoms with Gasteiger partial charge in [0.2, 0.25) is 0 Å². The number of piperidine rings is 1. The molecular formula is C14H23N3OS. The molecule has 1 fully saturated rings. The molecule has 1 unspecified atom stereocenters. The monoisotopic (exact) mass is 281 g/mol. The number of rotatable bonds is 2. The third-order valence-corrected chi connectivity index (χ3v) is 5.64. The predicted molar refractivity (Wildman–Crippen MR) is 78.9 cm³/mol. The van der Waals surface area contributed by atoms with Crippen molar-refractivity contribution in [2.24, 2.45) is 0 Å². The van der Waals surface area contributed by atoms with Gasteiger partial charge in [-0.15, -0.1) is 0 Å². The summed E-state index contributed by atoms with van der Waals surface area (Å²) in [5.74, 6) is 0. The smallest absolute Gasteiger partial charge is 0.185 e. The van der Waals surface area contributed by atoms with E-state index in [1.165, 1.54) is 12.8 Å². The van der Waals surface area contributed by atoms with E-state index in [2.05, 4.69) is 23.9 Å². The van der Waals surface area contributed by atoms with E-state index in [0.29, 0.717) is 6.04 Å². The van der Waals surface area contributed by atoms with Gasteiger partial charge in [0.25, 0.3) is 0 Å². The van der Waals surface area contributed by atoms with E-state index in [1.54, 1.807) is 11.3 Å². The van der Waals surface area contributed by atoms with Crippen molar-refractivity contribution in [2.45, 2.75) is 44.2 Å². The number of thiazole rings is 1. The van der Waals surface area contributed by atoms with Crippen molar-refractivity contribution >= 4 is 16.5 Å². The van der Waals surface area contributed by atoms with Crippen LogP contribution in [0.5, 0.6) is 0 Å². The Hall–Kier alpha value is -0.650. The highest BCUT2D eigenvalue weighted by atomic mass is 32.1. The zero-order chi connectivity index (χ0) is 13.4. The maximum absolute atomic E-state index is 10.0. The normalized spacial score (nSPS) is 24.8. The number of aliphatic hydroxyl groups is 1. The van der Waals surface area contributed by atoms with Crippen molar-refractivity contribution in [1.29, 1.82) is 0 Å². The standard InChI is InChI=1S/C14H23N3OS/c1-16(2)10-6-8-17(9-7-10)14-15-11-4-3-5-12(18)13(11)19-14/h10,12,18H,3-9H2,1-2H3. The number of aliphatic hydroxyl groups excluding tert-OH is 1. The highest BCUT2D eigenvalue weighted by molar-refractivity contribution is 7.15. The summed E-state index contributed by atoms with van der Waals surface area (Å²) < 4.78 is 0. The van der Waals surface area contributed by atoms with Gasteiger partial charge in [0.1, 0.15) is 0 Å². The van der Waals surface area contributed by atoms with Crippen LogP contribution in [0.2, 0.25) is 0 Å². The molecule has 19 heavy (non-hydrogen) atoms. The summed E-state index contributed by atoms with van der Waals surface area (Å²) in [4.78, 5) is 10.6. The summed E-state index contributed by atoms with van der Waals surface area (Å²) in [6.45, 7) is 2.18. The van der Waals surface area contributed by atoms with Gasteiger partial charge >= 0.3 is 0 Å². The first-order valence-corrected chi connectivity index (χ1v) is 8.06. The zero-order valence-electron chi connectivity index (χ0n) is 11.8. The summed E-state index contributed by atoms with van der Waals surface area (Å²) in [6.07, 6.45) is 5.16. The second-order valence-corrected chi connectivity index (χ2v) is 6.91. The lowest BCUT2D eigenvalue weighted by atomic mass is 10.0. The van der Waals surface area contributed by atoms with Crippen molar-refractivity contribution in [3.8, 4) is 0 Å². The lowest BCUT2D eigenvalue weighted by molar-refractivity contribution is 0.160. The molecule has 2 aliphatic rings. The molecule has 1 aliphatic heterocycles. The van der Waals surface area contributed by atoms with Crippen LogP contribution in [0.4, 0.5) is 5.13 Å². The first kappa shape index (κ1) is 13.3. The quantitative estimate of drug-likeness (QED) is 0.900. The van der Waals surface area contributed by atoms with Crippen LogP contribution in [-0.4, -0.2) is 48.2 Å². The minimum Gasteiger partial charge on any atom is -0.388 e. The van der Waals surface area contributed by atoms with Crippen LogP contribution in [0.3, 0.4) is 0 Å². The predicted octanol–water partition coefficient (Wildman–Crippen LogP) is 2.04. The van der Waals surface area contributed by atoms with Crippen molar-refractivity contribution in [3.05, 3.63) is 10.6 Å². The van der Waals surface area contributed by atoms with Gasteiger partial charge in [-0.2, -0.15) is 0 Å². The molecule has 106 valence electrons. The van der Waals surface area contributed by atoms with E-state index in [4.69, 9.17) is 4.98 Å². The second-order valence-electron chi connectivity index (χ2n) is 5.90. The highest BCUT2D eigenvalue weighted by Crippen LogP contribution is 2.38. The summed E-state index contributed by atoms with van der Waals surface area (Å²) in [5.41, 5.74) is 1.15. The molecule has 1 aromatic heterocycles. The summed E-state index contributed by atoms with van der Waals surface area (Å²) in [6, 6.07) is 0.705. The Bertz CT molecular complexity index is 438. The van der Waals surface area contributed by atoms with Crippen LogP contribution in [-0.2, 0) is 6.42 Å². The van der Waals surface area contributed by atoms with E-state index in [-0.39, 0.29) is 6.10 Å². The zero-order valence-corrected chi connectivity index (χ0v) is 12.6. The van der Waals surface area contributed by atoms with Gasteiger partial charge in [-0.1, -0.05) is 11.3 Å². The molecule has 0 radical (unpaired) electrons. The van der Waals surface area contributed by atoms with E-state index >= 15 is 0 Å². The molecule has 4 nitrogen and oxygen atoms in total. The van der Waals surface area contributed by atoms with Gasteiger partial charge in [-0.25, -0.2) is 4.98 Å². The first-order chi connectivity index (χ1) is 9.15. The van der Waals surface area contributed by atoms with E-state index in [1.807, 2.05) is 0 Å². The lowest BCUT2D eigenvalue weighted by Crippen LogP contribution is -2.41. The third kappa shape index (κ3) is 2.64. The van der Waals surface area contributed by atoms with Gasteiger partial charge in [-0.3, -0.25) is 0 Å². The van der Waals surface area contributed by atoms with Crippen molar-refractivity contribution in [1.82, 2.24) is 9.88 Å². The maximum Gasteiger partial charge on any atom is 0.185 e. The van der Waals surface area contributed by atoms with E-state index in [0.717, 1.165) is 48.1 Å². The van der Waals surface area contributed by atoms with Crippen molar-refractivity contribution in [3.63, 3.8) is 0 Å². The second kappa shape index (κ2) is 5.38. The summed E-state index contributed by atoms with van der Waals surface area (Å²) in [7, 11) is 4.33. The average Bonchev–Trinajstić information content (AvgIpc) is 2.84. The summed E-state index contributed by atoms with van der Waals surface area (Å²) >= 11 is 1.71. The van der Waals surface area contributed by atoms with Crippen LogP contribution in [0, 0.1) is 0 Å². The number of fused-ring (bicyclic) bond motifs is 1. The van der Waals surface area contributed by atoms with Gasteiger partial charge < -0.3 is 14.9 Å².